The van der Waals surface area contributed by atoms with Crippen LogP contribution in [0.1, 0.15) is 58.8 Å². The molecule has 162 valence electrons. The van der Waals surface area contributed by atoms with Crippen LogP contribution < -0.4 is 5.32 Å². The molecule has 2 aromatic carbocycles. The highest BCUT2D eigenvalue weighted by Gasteiger charge is 2.35. The molecule has 2 heterocycles. The maximum Gasteiger partial charge on any atom is 0.341 e. The number of carbonyl (C=O) groups is 4. The number of thiophene rings is 1. The van der Waals surface area contributed by atoms with Crippen LogP contribution in [0.4, 0.5) is 5.00 Å². The number of hydrogen-bond acceptors (Lipinski definition) is 6. The Hall–Kier alpha value is -3.78. The molecule has 4 rings (SSSR count). The van der Waals surface area contributed by atoms with Crippen LogP contribution in [0.5, 0.6) is 0 Å². The lowest BCUT2D eigenvalue weighted by Crippen LogP contribution is -2.28. The number of aryl methyl sites for hydroxylation is 1. The summed E-state index contributed by atoms with van der Waals surface area (Å²) in [6.07, 6.45) is 0. The summed E-state index contributed by atoms with van der Waals surface area (Å²) in [4.78, 5) is 52.3. The number of esters is 1. The highest BCUT2D eigenvalue weighted by Crippen LogP contribution is 2.32. The molecule has 1 aromatic heterocycles. The summed E-state index contributed by atoms with van der Waals surface area (Å²) in [5.74, 6) is -1.73. The lowest BCUT2D eigenvalue weighted by atomic mass is 10.1. The summed E-state index contributed by atoms with van der Waals surface area (Å²) < 4.78 is 5.12. The number of amides is 3. The average Bonchev–Trinajstić information content (AvgIpc) is 3.28. The van der Waals surface area contributed by atoms with E-state index < -0.39 is 5.97 Å². The number of carbonyl (C=O) groups excluding carboxylic acids is 4. The zero-order valence-corrected chi connectivity index (χ0v) is 18.3. The largest absolute Gasteiger partial charge is 0.462 e. The molecule has 3 amide bonds. The fraction of sp³-hybridized carbons (Fsp3) is 0.167. The molecule has 0 aliphatic carbocycles. The summed E-state index contributed by atoms with van der Waals surface area (Å²) in [5, 5.41) is 3.08. The van der Waals surface area contributed by atoms with Crippen LogP contribution in [0.2, 0.25) is 0 Å². The van der Waals surface area contributed by atoms with Crippen molar-refractivity contribution in [3.8, 4) is 0 Å². The molecule has 32 heavy (non-hydrogen) atoms. The van der Waals surface area contributed by atoms with Crippen molar-refractivity contribution >= 4 is 40.0 Å². The Balaban J connectivity index is 1.61. The van der Waals surface area contributed by atoms with E-state index >= 15 is 0 Å². The minimum Gasteiger partial charge on any atom is -0.462 e. The van der Waals surface area contributed by atoms with Crippen molar-refractivity contribution in [2.75, 3.05) is 11.9 Å². The molecular formula is C24H20N2O5S. The Morgan fingerprint density at radius 1 is 1.00 bits per heavy atom. The van der Waals surface area contributed by atoms with Gasteiger partial charge < -0.3 is 10.1 Å². The number of rotatable bonds is 6. The fourth-order valence-corrected chi connectivity index (χ4v) is 4.50. The molecule has 0 bridgehead atoms. The number of ether oxygens (including phenoxy) is 1. The third-order valence-electron chi connectivity index (χ3n) is 4.98. The van der Waals surface area contributed by atoms with Crippen LogP contribution in [-0.4, -0.2) is 35.2 Å². The minimum atomic E-state index is -0.586. The highest BCUT2D eigenvalue weighted by atomic mass is 32.1. The number of imide groups is 1. The van der Waals surface area contributed by atoms with Gasteiger partial charge in [-0.2, -0.15) is 0 Å². The van der Waals surface area contributed by atoms with Crippen LogP contribution in [-0.2, 0) is 11.3 Å². The van der Waals surface area contributed by atoms with Crippen molar-refractivity contribution in [1.82, 2.24) is 4.90 Å². The van der Waals surface area contributed by atoms with E-state index in [2.05, 4.69) is 5.32 Å². The van der Waals surface area contributed by atoms with Crippen molar-refractivity contribution < 1.29 is 23.9 Å². The van der Waals surface area contributed by atoms with Crippen molar-refractivity contribution in [3.05, 3.63) is 87.3 Å². The quantitative estimate of drug-likeness (QED) is 0.449. The van der Waals surface area contributed by atoms with Crippen LogP contribution in [0.25, 0.3) is 0 Å². The summed E-state index contributed by atoms with van der Waals surface area (Å²) in [5.41, 5.74) is 2.28. The number of nitrogens with one attached hydrogen (secondary N) is 1. The molecule has 0 atom stereocenters. The molecule has 0 saturated carbocycles. The summed E-state index contributed by atoms with van der Waals surface area (Å²) in [6, 6.07) is 15.3. The number of hydrogen-bond donors (Lipinski definition) is 1. The van der Waals surface area contributed by atoms with Crippen LogP contribution in [0.15, 0.2) is 54.6 Å². The third-order valence-corrected chi connectivity index (χ3v) is 6.01. The van der Waals surface area contributed by atoms with E-state index in [1.165, 1.54) is 0 Å². The van der Waals surface area contributed by atoms with E-state index in [1.807, 2.05) is 13.0 Å². The van der Waals surface area contributed by atoms with E-state index in [4.69, 9.17) is 4.74 Å². The number of fused-ring (bicyclic) bond motifs is 1. The van der Waals surface area contributed by atoms with Gasteiger partial charge in [0.15, 0.2) is 0 Å². The molecule has 1 aliphatic rings. The molecule has 8 heteroatoms. The van der Waals surface area contributed by atoms with Gasteiger partial charge in [0.25, 0.3) is 17.7 Å². The normalized spacial score (nSPS) is 12.6. The van der Waals surface area contributed by atoms with Gasteiger partial charge in [-0.05, 0) is 44.2 Å². The van der Waals surface area contributed by atoms with E-state index in [-0.39, 0.29) is 36.4 Å². The Morgan fingerprint density at radius 3 is 2.31 bits per heavy atom. The van der Waals surface area contributed by atoms with Crippen LogP contribution in [0, 0.1) is 6.92 Å². The van der Waals surface area contributed by atoms with Gasteiger partial charge in [0.2, 0.25) is 0 Å². The van der Waals surface area contributed by atoms with Crippen molar-refractivity contribution in [2.45, 2.75) is 20.4 Å². The van der Waals surface area contributed by atoms with Gasteiger partial charge in [0.1, 0.15) is 5.00 Å². The second-order valence-corrected chi connectivity index (χ2v) is 8.38. The molecule has 0 saturated heterocycles. The molecule has 0 unspecified atom stereocenters. The van der Waals surface area contributed by atoms with Crippen molar-refractivity contribution in [1.29, 1.82) is 0 Å². The zero-order valence-electron chi connectivity index (χ0n) is 17.5. The minimum absolute atomic E-state index is 0.0102. The molecule has 0 radical (unpaired) electrons. The summed E-state index contributed by atoms with van der Waals surface area (Å²) in [6.45, 7) is 3.73. The van der Waals surface area contributed by atoms with Crippen molar-refractivity contribution in [3.63, 3.8) is 0 Å². The molecule has 3 aromatic rings. The first-order valence-corrected chi connectivity index (χ1v) is 10.8. The predicted octanol–water partition coefficient (Wildman–Crippen LogP) is 4.28. The van der Waals surface area contributed by atoms with E-state index in [1.54, 1.807) is 55.5 Å². The number of anilines is 1. The second kappa shape index (κ2) is 8.76. The van der Waals surface area contributed by atoms with Crippen molar-refractivity contribution in [2.24, 2.45) is 0 Å². The Kier molecular flexibility index (Phi) is 5.87. The van der Waals surface area contributed by atoms with Gasteiger partial charge in [-0.3, -0.25) is 19.3 Å². The molecule has 0 fully saturated rings. The van der Waals surface area contributed by atoms with Gasteiger partial charge in [-0.25, -0.2) is 4.79 Å². The second-order valence-electron chi connectivity index (χ2n) is 7.24. The SMILES string of the molecule is CCOC(=O)c1cc(CN2C(=O)c3ccccc3C2=O)sc1NC(=O)c1cccc(C)c1. The molecular weight excluding hydrogens is 428 g/mol. The molecule has 7 nitrogen and oxygen atoms in total. The fourth-order valence-electron chi connectivity index (χ4n) is 3.47. The number of nitrogens with zero attached hydrogens (tertiary/aromatic N) is 1. The van der Waals surface area contributed by atoms with Gasteiger partial charge in [-0.1, -0.05) is 29.8 Å². The summed E-state index contributed by atoms with van der Waals surface area (Å²) >= 11 is 1.13. The van der Waals surface area contributed by atoms with E-state index in [0.29, 0.717) is 26.6 Å². The summed E-state index contributed by atoms with van der Waals surface area (Å²) in [7, 11) is 0. The Labute approximate surface area is 188 Å². The monoisotopic (exact) mass is 448 g/mol. The van der Waals surface area contributed by atoms with Gasteiger partial charge >= 0.3 is 5.97 Å². The van der Waals surface area contributed by atoms with Crippen LogP contribution >= 0.6 is 11.3 Å². The first-order valence-electron chi connectivity index (χ1n) is 10.0. The topological polar surface area (TPSA) is 92.8 Å². The van der Waals surface area contributed by atoms with E-state index in [9.17, 15) is 19.2 Å². The number of benzene rings is 2. The third kappa shape index (κ3) is 4.04. The van der Waals surface area contributed by atoms with Gasteiger partial charge in [0.05, 0.1) is 29.8 Å². The smallest absolute Gasteiger partial charge is 0.341 e. The maximum atomic E-state index is 12.7. The standard InChI is InChI=1S/C24H20N2O5S/c1-3-31-24(30)19-12-16(13-26-22(28)17-9-4-5-10-18(17)23(26)29)32-21(19)25-20(27)15-8-6-7-14(2)11-15/h4-12H,3,13H2,1-2H3,(H,25,27). The first-order chi connectivity index (χ1) is 15.4. The van der Waals surface area contributed by atoms with Gasteiger partial charge in [0, 0.05) is 10.4 Å². The van der Waals surface area contributed by atoms with Gasteiger partial charge in [-0.15, -0.1) is 11.3 Å². The molecule has 1 aliphatic heterocycles. The lowest BCUT2D eigenvalue weighted by Gasteiger charge is -2.12. The Bertz CT molecular complexity index is 1210. The van der Waals surface area contributed by atoms with E-state index in [0.717, 1.165) is 21.8 Å². The Morgan fingerprint density at radius 2 is 1.69 bits per heavy atom. The first kappa shape index (κ1) is 21.5. The maximum absolute atomic E-state index is 12.7. The molecule has 1 N–H and O–H groups in total. The zero-order chi connectivity index (χ0) is 22.8. The van der Waals surface area contributed by atoms with Crippen LogP contribution in [0.3, 0.4) is 0 Å². The highest BCUT2D eigenvalue weighted by molar-refractivity contribution is 7.16. The molecule has 0 spiro atoms. The predicted molar refractivity (Wildman–Crippen MR) is 120 cm³/mol. The lowest BCUT2D eigenvalue weighted by molar-refractivity contribution is 0.0527. The average molecular weight is 449 g/mol.